The highest BCUT2D eigenvalue weighted by atomic mass is 16.6. The van der Waals surface area contributed by atoms with E-state index >= 15 is 0 Å². The van der Waals surface area contributed by atoms with E-state index in [0.717, 1.165) is 10.5 Å². The number of amides is 3. The van der Waals surface area contributed by atoms with Gasteiger partial charge in [0.15, 0.2) is 5.92 Å². The Morgan fingerprint density at radius 2 is 1.52 bits per heavy atom. The van der Waals surface area contributed by atoms with Gasteiger partial charge < -0.3 is 14.4 Å². The lowest BCUT2D eigenvalue weighted by atomic mass is 9.97. The van der Waals surface area contributed by atoms with Crippen molar-refractivity contribution in [2.75, 3.05) is 13.2 Å². The Morgan fingerprint density at radius 3 is 1.97 bits per heavy atom. The maximum Gasteiger partial charge on any atom is 0.328 e. The summed E-state index contributed by atoms with van der Waals surface area (Å²) < 4.78 is 10.1. The minimum atomic E-state index is -1.55. The first-order chi connectivity index (χ1) is 13.6. The van der Waals surface area contributed by atoms with Crippen molar-refractivity contribution in [1.82, 2.24) is 9.80 Å². The second kappa shape index (κ2) is 9.07. The molecule has 0 saturated carbocycles. The highest BCUT2D eigenvalue weighted by molar-refractivity contribution is 6.10. The predicted molar refractivity (Wildman–Crippen MR) is 105 cm³/mol. The molecule has 1 aliphatic rings. The molecule has 1 aromatic carbocycles. The standard InChI is InChI=1S/C21H28N2O6/c1-6-28-18(25)15(19(26)29-7-2)16-17(24)23(21(3,4)5)20(27)22(16)13-14-11-9-8-10-12-14/h8-12,15-16H,6-7,13H2,1-5H3. The summed E-state index contributed by atoms with van der Waals surface area (Å²) in [4.78, 5) is 54.0. The third kappa shape index (κ3) is 4.75. The number of urea groups is 1. The third-order valence-corrected chi connectivity index (χ3v) is 4.51. The summed E-state index contributed by atoms with van der Waals surface area (Å²) in [5.41, 5.74) is -0.0630. The van der Waals surface area contributed by atoms with E-state index in [2.05, 4.69) is 0 Å². The van der Waals surface area contributed by atoms with Crippen LogP contribution >= 0.6 is 0 Å². The quantitative estimate of drug-likeness (QED) is 0.393. The fourth-order valence-corrected chi connectivity index (χ4v) is 3.31. The first-order valence-electron chi connectivity index (χ1n) is 9.65. The van der Waals surface area contributed by atoms with Gasteiger partial charge in [0.05, 0.1) is 13.2 Å². The van der Waals surface area contributed by atoms with E-state index in [9.17, 15) is 19.2 Å². The van der Waals surface area contributed by atoms with E-state index in [1.54, 1.807) is 46.8 Å². The van der Waals surface area contributed by atoms with Crippen molar-refractivity contribution >= 4 is 23.9 Å². The number of imide groups is 1. The smallest absolute Gasteiger partial charge is 0.328 e. The van der Waals surface area contributed by atoms with Crippen molar-refractivity contribution in [3.05, 3.63) is 35.9 Å². The minimum Gasteiger partial charge on any atom is -0.465 e. The van der Waals surface area contributed by atoms with Crippen molar-refractivity contribution in [3.63, 3.8) is 0 Å². The Hall–Kier alpha value is -2.90. The lowest BCUT2D eigenvalue weighted by molar-refractivity contribution is -0.166. The van der Waals surface area contributed by atoms with Gasteiger partial charge in [-0.1, -0.05) is 30.3 Å². The average molecular weight is 404 g/mol. The Labute approximate surface area is 170 Å². The lowest BCUT2D eigenvalue weighted by Crippen LogP contribution is -2.49. The summed E-state index contributed by atoms with van der Waals surface area (Å²) in [5.74, 6) is -3.94. The number of rotatable bonds is 7. The van der Waals surface area contributed by atoms with Gasteiger partial charge in [-0.3, -0.25) is 19.3 Å². The number of hydrogen-bond donors (Lipinski definition) is 0. The molecule has 3 amide bonds. The van der Waals surface area contributed by atoms with E-state index in [-0.39, 0.29) is 19.8 Å². The van der Waals surface area contributed by atoms with Gasteiger partial charge in [0.25, 0.3) is 5.91 Å². The largest absolute Gasteiger partial charge is 0.465 e. The lowest BCUT2D eigenvalue weighted by Gasteiger charge is -2.29. The first-order valence-corrected chi connectivity index (χ1v) is 9.65. The van der Waals surface area contributed by atoms with Crippen molar-refractivity contribution in [2.45, 2.75) is 52.7 Å². The second-order valence-corrected chi connectivity index (χ2v) is 7.67. The van der Waals surface area contributed by atoms with E-state index in [4.69, 9.17) is 9.47 Å². The van der Waals surface area contributed by atoms with E-state index in [1.165, 1.54) is 4.90 Å². The SMILES string of the molecule is CCOC(=O)C(C(=O)OCC)C1C(=O)N(C(C)(C)C)C(=O)N1Cc1ccccc1. The Kier molecular flexibility index (Phi) is 7.00. The van der Waals surface area contributed by atoms with Gasteiger partial charge in [0.2, 0.25) is 0 Å². The van der Waals surface area contributed by atoms with Crippen LogP contribution < -0.4 is 0 Å². The van der Waals surface area contributed by atoms with Gasteiger partial charge in [0.1, 0.15) is 6.04 Å². The molecule has 0 spiro atoms. The van der Waals surface area contributed by atoms with Gasteiger partial charge in [0, 0.05) is 12.1 Å². The number of nitrogens with zero attached hydrogens (tertiary/aromatic N) is 2. The molecular formula is C21H28N2O6. The molecule has 1 aromatic rings. The van der Waals surface area contributed by atoms with Gasteiger partial charge in [-0.15, -0.1) is 0 Å². The molecule has 0 radical (unpaired) electrons. The van der Waals surface area contributed by atoms with Crippen LogP contribution in [-0.4, -0.2) is 58.5 Å². The summed E-state index contributed by atoms with van der Waals surface area (Å²) in [7, 11) is 0. The maximum absolute atomic E-state index is 13.3. The molecule has 29 heavy (non-hydrogen) atoms. The number of hydrogen-bond acceptors (Lipinski definition) is 6. The van der Waals surface area contributed by atoms with Crippen molar-refractivity contribution in [3.8, 4) is 0 Å². The fraction of sp³-hybridized carbons (Fsp3) is 0.524. The predicted octanol–water partition coefficient (Wildman–Crippen LogP) is 2.36. The Morgan fingerprint density at radius 1 is 1.00 bits per heavy atom. The minimum absolute atomic E-state index is 0.0330. The van der Waals surface area contributed by atoms with Crippen LogP contribution in [0.3, 0.4) is 0 Å². The molecule has 0 N–H and O–H groups in total. The van der Waals surface area contributed by atoms with E-state index in [0.29, 0.717) is 0 Å². The fourth-order valence-electron chi connectivity index (χ4n) is 3.31. The van der Waals surface area contributed by atoms with Gasteiger partial charge in [-0.25, -0.2) is 4.79 Å². The van der Waals surface area contributed by atoms with Crippen LogP contribution in [0.15, 0.2) is 30.3 Å². The number of carbonyl (C=O) groups excluding carboxylic acids is 4. The summed E-state index contributed by atoms with van der Waals surface area (Å²) in [5, 5.41) is 0. The molecule has 0 bridgehead atoms. The zero-order valence-corrected chi connectivity index (χ0v) is 17.5. The molecule has 1 atom stereocenters. The third-order valence-electron chi connectivity index (χ3n) is 4.51. The normalized spacial score (nSPS) is 17.1. The van der Waals surface area contributed by atoms with Gasteiger partial charge >= 0.3 is 18.0 Å². The van der Waals surface area contributed by atoms with Crippen LogP contribution in [0.5, 0.6) is 0 Å². The average Bonchev–Trinajstić information content (AvgIpc) is 2.87. The molecule has 1 aliphatic heterocycles. The zero-order chi connectivity index (χ0) is 21.8. The van der Waals surface area contributed by atoms with Gasteiger partial charge in [-0.05, 0) is 40.2 Å². The summed E-state index contributed by atoms with van der Waals surface area (Å²) in [6, 6.07) is 7.16. The zero-order valence-electron chi connectivity index (χ0n) is 17.5. The summed E-state index contributed by atoms with van der Waals surface area (Å²) >= 11 is 0. The topological polar surface area (TPSA) is 93.2 Å². The van der Waals surface area contributed by atoms with Crippen LogP contribution in [0.25, 0.3) is 0 Å². The van der Waals surface area contributed by atoms with Crippen LogP contribution in [0.4, 0.5) is 4.79 Å². The van der Waals surface area contributed by atoms with Crippen molar-refractivity contribution in [1.29, 1.82) is 0 Å². The first kappa shape index (κ1) is 22.4. The van der Waals surface area contributed by atoms with E-state index in [1.807, 2.05) is 18.2 Å². The highest BCUT2D eigenvalue weighted by Crippen LogP contribution is 2.32. The summed E-state index contributed by atoms with van der Waals surface area (Å²) in [6.45, 7) is 8.49. The molecule has 8 nitrogen and oxygen atoms in total. The molecule has 1 fully saturated rings. The molecule has 158 valence electrons. The molecule has 0 aliphatic carbocycles. The maximum atomic E-state index is 13.3. The number of benzene rings is 1. The monoisotopic (exact) mass is 404 g/mol. The van der Waals surface area contributed by atoms with Crippen molar-refractivity contribution in [2.24, 2.45) is 5.92 Å². The molecular weight excluding hydrogens is 376 g/mol. The molecule has 1 saturated heterocycles. The number of esters is 2. The Bertz CT molecular complexity index is 753. The highest BCUT2D eigenvalue weighted by Gasteiger charge is 2.56. The molecule has 8 heteroatoms. The molecule has 1 unspecified atom stereocenters. The molecule has 1 heterocycles. The van der Waals surface area contributed by atoms with Crippen LogP contribution in [0, 0.1) is 5.92 Å². The summed E-state index contributed by atoms with van der Waals surface area (Å²) in [6.07, 6.45) is 0. The molecule has 2 rings (SSSR count). The second-order valence-electron chi connectivity index (χ2n) is 7.67. The van der Waals surface area contributed by atoms with Crippen LogP contribution in [0.1, 0.15) is 40.2 Å². The van der Waals surface area contributed by atoms with Crippen LogP contribution in [-0.2, 0) is 30.4 Å². The van der Waals surface area contributed by atoms with Crippen LogP contribution in [0.2, 0.25) is 0 Å². The number of ether oxygens (including phenoxy) is 2. The van der Waals surface area contributed by atoms with Gasteiger partial charge in [-0.2, -0.15) is 0 Å². The number of carbonyl (C=O) groups is 4. The molecule has 0 aromatic heterocycles. The van der Waals surface area contributed by atoms with E-state index < -0.39 is 41.4 Å². The van der Waals surface area contributed by atoms with Crippen molar-refractivity contribution < 1.29 is 28.7 Å². The Balaban J connectivity index is 2.53.